The summed E-state index contributed by atoms with van der Waals surface area (Å²) in [5, 5.41) is 15.7. The van der Waals surface area contributed by atoms with Crippen LogP contribution in [0.5, 0.6) is 0 Å². The molecule has 6 rings (SSSR count). The van der Waals surface area contributed by atoms with Gasteiger partial charge in [-0.15, -0.1) is 0 Å². The molecule has 33 heavy (non-hydrogen) atoms. The van der Waals surface area contributed by atoms with Crippen molar-refractivity contribution in [3.05, 3.63) is 35.5 Å². The van der Waals surface area contributed by atoms with Crippen LogP contribution in [-0.2, 0) is 9.53 Å². The Kier molecular flexibility index (Phi) is 5.05. The van der Waals surface area contributed by atoms with Crippen molar-refractivity contribution in [3.8, 4) is 0 Å². The van der Waals surface area contributed by atoms with Crippen LogP contribution in [-0.4, -0.2) is 58.8 Å². The summed E-state index contributed by atoms with van der Waals surface area (Å²) >= 11 is 0. The second-order valence-corrected chi connectivity index (χ2v) is 11.4. The van der Waals surface area contributed by atoms with Crippen LogP contribution in [0, 0.1) is 18.3 Å². The minimum Gasteiger partial charge on any atom is -0.389 e. The van der Waals surface area contributed by atoms with Crippen LogP contribution in [0.1, 0.15) is 62.5 Å². The molecule has 1 spiro atoms. The lowest BCUT2D eigenvalue weighted by molar-refractivity contribution is -0.124. The Labute approximate surface area is 195 Å². The highest BCUT2D eigenvalue weighted by atomic mass is 16.5. The van der Waals surface area contributed by atoms with E-state index in [1.807, 2.05) is 12.3 Å². The molecule has 6 heteroatoms. The maximum atomic E-state index is 12.6. The van der Waals surface area contributed by atoms with E-state index in [9.17, 15) is 9.90 Å². The minimum absolute atomic E-state index is 0.130. The fourth-order valence-electron chi connectivity index (χ4n) is 6.47. The Morgan fingerprint density at radius 2 is 1.94 bits per heavy atom. The van der Waals surface area contributed by atoms with Crippen molar-refractivity contribution in [2.24, 2.45) is 11.3 Å². The summed E-state index contributed by atoms with van der Waals surface area (Å²) < 4.78 is 5.55. The quantitative estimate of drug-likeness (QED) is 0.738. The Morgan fingerprint density at radius 1 is 1.18 bits per heavy atom. The minimum atomic E-state index is -0.410. The lowest BCUT2D eigenvalue weighted by Gasteiger charge is -2.44. The molecule has 2 aromatic rings. The fraction of sp³-hybridized carbons (Fsp3) is 0.630. The molecule has 0 bridgehead atoms. The molecule has 176 valence electrons. The van der Waals surface area contributed by atoms with Gasteiger partial charge in [0.15, 0.2) is 0 Å². The van der Waals surface area contributed by atoms with E-state index in [4.69, 9.17) is 4.74 Å². The van der Waals surface area contributed by atoms with Crippen LogP contribution < -0.4 is 5.32 Å². The number of ether oxygens (including phenoxy) is 1. The van der Waals surface area contributed by atoms with Gasteiger partial charge >= 0.3 is 0 Å². The lowest BCUT2D eigenvalue weighted by atomic mass is 9.71. The predicted octanol–water partition coefficient (Wildman–Crippen LogP) is 4.00. The molecule has 0 radical (unpaired) electrons. The van der Waals surface area contributed by atoms with Crippen molar-refractivity contribution >= 4 is 22.5 Å². The first-order valence-electron chi connectivity index (χ1n) is 12.6. The molecule has 2 aliphatic carbocycles. The first kappa shape index (κ1) is 21.5. The van der Waals surface area contributed by atoms with Crippen molar-refractivity contribution in [2.45, 2.75) is 69.9 Å². The Balaban J connectivity index is 1.16. The third kappa shape index (κ3) is 3.76. The normalized spacial score (nSPS) is 30.0. The zero-order chi connectivity index (χ0) is 22.8. The zero-order valence-corrected chi connectivity index (χ0v) is 19.8. The third-order valence-electron chi connectivity index (χ3n) is 9.09. The molecule has 2 N–H and O–H groups in total. The van der Waals surface area contributed by atoms with Crippen molar-refractivity contribution in [1.29, 1.82) is 0 Å². The van der Waals surface area contributed by atoms with E-state index in [2.05, 4.69) is 41.2 Å². The van der Waals surface area contributed by atoms with E-state index in [0.29, 0.717) is 30.4 Å². The lowest BCUT2D eigenvalue weighted by Crippen LogP contribution is -2.56. The van der Waals surface area contributed by atoms with Gasteiger partial charge in [-0.25, -0.2) is 4.98 Å². The molecule has 4 aliphatic rings. The number of hydrogen-bond acceptors (Lipinski definition) is 5. The molecule has 3 heterocycles. The van der Waals surface area contributed by atoms with Crippen LogP contribution in [0.25, 0.3) is 10.8 Å². The Bertz CT molecular complexity index is 1080. The molecule has 2 saturated carbocycles. The highest BCUT2D eigenvalue weighted by Crippen LogP contribution is 2.63. The van der Waals surface area contributed by atoms with Crippen molar-refractivity contribution in [2.75, 3.05) is 31.6 Å². The maximum absolute atomic E-state index is 12.6. The van der Waals surface area contributed by atoms with Gasteiger partial charge in [-0.05, 0) is 105 Å². The third-order valence-corrected chi connectivity index (χ3v) is 9.09. The number of fused-ring (bicyclic) bond motifs is 1. The monoisotopic (exact) mass is 449 g/mol. The molecule has 2 atom stereocenters. The molecular weight excluding hydrogens is 414 g/mol. The molecule has 0 unspecified atom stereocenters. The van der Waals surface area contributed by atoms with Crippen LogP contribution in [0.15, 0.2) is 24.4 Å². The van der Waals surface area contributed by atoms with Gasteiger partial charge in [0.25, 0.3) is 0 Å². The molecule has 2 aliphatic heterocycles. The number of likely N-dealkylation sites (tertiary alicyclic amines) is 1. The Hall–Kier alpha value is -2.02. The fourth-order valence-corrected chi connectivity index (χ4v) is 6.47. The number of aliphatic hydroxyl groups is 1. The zero-order valence-electron chi connectivity index (χ0n) is 19.8. The number of anilines is 1. The van der Waals surface area contributed by atoms with Gasteiger partial charge in [-0.3, -0.25) is 9.69 Å². The molecular formula is C27H35N3O3. The summed E-state index contributed by atoms with van der Waals surface area (Å²) in [5.74, 6) is 1.46. The number of benzene rings is 1. The highest BCUT2D eigenvalue weighted by molar-refractivity contribution is 5.95. The standard InChI is InChI=1S/C27H35N3O3/c1-17-9-20-14-28-24(29-25(32)21-12-27(13-21)5-6-27)11-19(20)10-22(17)18-3-7-30(8-4-18)26(2)16-33-15-23(26)31/h9-11,14,18,21,23,31H,3-8,12-13,15-16H2,1-2H3,(H,28,29,32)/t23-,26+/m1/s1. The van der Waals surface area contributed by atoms with Crippen LogP contribution in [0.2, 0.25) is 0 Å². The van der Waals surface area contributed by atoms with Crippen LogP contribution >= 0.6 is 0 Å². The number of hydrogen-bond donors (Lipinski definition) is 2. The predicted molar refractivity (Wildman–Crippen MR) is 128 cm³/mol. The summed E-state index contributed by atoms with van der Waals surface area (Å²) in [6.45, 7) is 7.31. The number of piperidine rings is 1. The van der Waals surface area contributed by atoms with Crippen molar-refractivity contribution in [1.82, 2.24) is 9.88 Å². The van der Waals surface area contributed by atoms with Gasteiger partial charge in [0.2, 0.25) is 5.91 Å². The molecule has 2 saturated heterocycles. The highest BCUT2D eigenvalue weighted by Gasteiger charge is 2.55. The number of pyridine rings is 1. The summed E-state index contributed by atoms with van der Waals surface area (Å²) in [4.78, 5) is 19.6. The number of carbonyl (C=O) groups excluding carboxylic acids is 1. The number of nitrogens with zero attached hydrogens (tertiary/aromatic N) is 2. The summed E-state index contributed by atoms with van der Waals surface area (Å²) in [6, 6.07) is 6.57. The van der Waals surface area contributed by atoms with E-state index in [0.717, 1.165) is 49.5 Å². The topological polar surface area (TPSA) is 74.7 Å². The first-order chi connectivity index (χ1) is 15.9. The largest absolute Gasteiger partial charge is 0.389 e. The number of aliphatic hydroxyl groups excluding tert-OH is 1. The van der Waals surface area contributed by atoms with Gasteiger partial charge in [0, 0.05) is 17.5 Å². The smallest absolute Gasteiger partial charge is 0.228 e. The average molecular weight is 450 g/mol. The maximum Gasteiger partial charge on any atom is 0.228 e. The number of carbonyl (C=O) groups is 1. The summed E-state index contributed by atoms with van der Waals surface area (Å²) in [6.07, 6.45) is 8.34. The number of aryl methyl sites for hydroxylation is 1. The molecule has 4 fully saturated rings. The van der Waals surface area contributed by atoms with E-state index >= 15 is 0 Å². The van der Waals surface area contributed by atoms with E-state index in [-0.39, 0.29) is 17.4 Å². The van der Waals surface area contributed by atoms with Gasteiger partial charge in [0.1, 0.15) is 5.82 Å². The van der Waals surface area contributed by atoms with E-state index < -0.39 is 6.10 Å². The molecule has 1 amide bonds. The van der Waals surface area contributed by atoms with Crippen LogP contribution in [0.4, 0.5) is 5.82 Å². The molecule has 1 aromatic heterocycles. The second kappa shape index (κ2) is 7.76. The van der Waals surface area contributed by atoms with Gasteiger partial charge in [-0.1, -0.05) is 6.07 Å². The first-order valence-corrected chi connectivity index (χ1v) is 12.6. The average Bonchev–Trinajstić information content (AvgIpc) is 3.52. The van der Waals surface area contributed by atoms with Gasteiger partial charge in [0.05, 0.1) is 24.9 Å². The van der Waals surface area contributed by atoms with E-state index in [1.165, 1.54) is 24.0 Å². The van der Waals surface area contributed by atoms with Crippen molar-refractivity contribution < 1.29 is 14.6 Å². The molecule has 1 aromatic carbocycles. The second-order valence-electron chi connectivity index (χ2n) is 11.4. The number of nitrogens with one attached hydrogen (secondary N) is 1. The summed E-state index contributed by atoms with van der Waals surface area (Å²) in [7, 11) is 0. The number of aromatic nitrogens is 1. The van der Waals surface area contributed by atoms with Gasteiger partial charge < -0.3 is 15.2 Å². The number of rotatable bonds is 4. The van der Waals surface area contributed by atoms with E-state index in [1.54, 1.807) is 0 Å². The van der Waals surface area contributed by atoms with Crippen molar-refractivity contribution in [3.63, 3.8) is 0 Å². The summed E-state index contributed by atoms with van der Waals surface area (Å²) in [5.41, 5.74) is 2.97. The van der Waals surface area contributed by atoms with Gasteiger partial charge in [-0.2, -0.15) is 0 Å². The Morgan fingerprint density at radius 3 is 2.61 bits per heavy atom. The SMILES string of the molecule is Cc1cc2cnc(NC(=O)C3CC4(CC4)C3)cc2cc1C1CCN([C@@]2(C)COC[C@H]2O)CC1. The molecule has 6 nitrogen and oxygen atoms in total. The number of amides is 1. The van der Waals surface area contributed by atoms with Crippen LogP contribution in [0.3, 0.4) is 0 Å².